The van der Waals surface area contributed by atoms with Crippen LogP contribution in [0.15, 0.2) is 59.7 Å². The van der Waals surface area contributed by atoms with Gasteiger partial charge in [0.1, 0.15) is 0 Å². The molecule has 0 heterocycles. The predicted molar refractivity (Wildman–Crippen MR) is 103 cm³/mol. The van der Waals surface area contributed by atoms with Crippen molar-refractivity contribution in [3.8, 4) is 0 Å². The van der Waals surface area contributed by atoms with Crippen LogP contribution in [-0.2, 0) is 4.79 Å². The Morgan fingerprint density at radius 2 is 1.72 bits per heavy atom. The summed E-state index contributed by atoms with van der Waals surface area (Å²) in [5, 5.41) is 4.22. The van der Waals surface area contributed by atoms with Crippen molar-refractivity contribution in [1.29, 1.82) is 0 Å². The summed E-state index contributed by atoms with van der Waals surface area (Å²) in [6.07, 6.45) is 7.69. The summed E-state index contributed by atoms with van der Waals surface area (Å²) in [4.78, 5) is 12.9. The van der Waals surface area contributed by atoms with Crippen molar-refractivity contribution >= 4 is 12.1 Å². The van der Waals surface area contributed by atoms with E-state index in [0.717, 1.165) is 29.5 Å². The van der Waals surface area contributed by atoms with Gasteiger partial charge in [-0.1, -0.05) is 73.9 Å². The van der Waals surface area contributed by atoms with E-state index in [0.29, 0.717) is 5.92 Å². The number of carbonyl (C=O) groups excluding carboxylic acids is 1. The molecule has 1 saturated carbocycles. The lowest BCUT2D eigenvalue weighted by molar-refractivity contribution is -0.124. The Balaban J connectivity index is 1.74. The van der Waals surface area contributed by atoms with Crippen molar-refractivity contribution < 1.29 is 4.79 Å². The summed E-state index contributed by atoms with van der Waals surface area (Å²) in [7, 11) is 0. The number of nitrogens with zero attached hydrogens (tertiary/aromatic N) is 1. The zero-order valence-electron chi connectivity index (χ0n) is 14.8. The fourth-order valence-electron chi connectivity index (χ4n) is 3.73. The van der Waals surface area contributed by atoms with Crippen LogP contribution in [0.4, 0.5) is 0 Å². The van der Waals surface area contributed by atoms with Gasteiger partial charge >= 0.3 is 0 Å². The molecule has 1 amide bonds. The van der Waals surface area contributed by atoms with Crippen LogP contribution >= 0.6 is 0 Å². The number of carbonyl (C=O) groups is 1. The average Bonchev–Trinajstić information content (AvgIpc) is 2.65. The molecule has 130 valence electrons. The topological polar surface area (TPSA) is 41.5 Å². The second kappa shape index (κ2) is 8.61. The van der Waals surface area contributed by atoms with Crippen LogP contribution in [0, 0.1) is 12.8 Å². The smallest absolute Gasteiger partial charge is 0.247 e. The molecule has 3 rings (SSSR count). The molecule has 0 spiro atoms. The number of aryl methyl sites for hydroxylation is 1. The zero-order chi connectivity index (χ0) is 17.5. The summed E-state index contributed by atoms with van der Waals surface area (Å²) in [5.74, 6) is 0.295. The molecule has 1 atom stereocenters. The number of amides is 1. The average molecular weight is 334 g/mol. The second-order valence-electron chi connectivity index (χ2n) is 6.88. The van der Waals surface area contributed by atoms with Gasteiger partial charge in [-0.15, -0.1) is 0 Å². The molecule has 0 aliphatic heterocycles. The van der Waals surface area contributed by atoms with Crippen molar-refractivity contribution in [2.75, 3.05) is 0 Å². The largest absolute Gasteiger partial charge is 0.272 e. The van der Waals surface area contributed by atoms with Gasteiger partial charge in [0.25, 0.3) is 0 Å². The summed E-state index contributed by atoms with van der Waals surface area (Å²) >= 11 is 0. The molecule has 3 heteroatoms. The lowest BCUT2D eigenvalue weighted by Gasteiger charge is -2.29. The Kier molecular flexibility index (Phi) is 5.99. The van der Waals surface area contributed by atoms with E-state index in [2.05, 4.69) is 22.7 Å². The molecule has 0 bridgehead atoms. The van der Waals surface area contributed by atoms with Crippen LogP contribution in [0.2, 0.25) is 0 Å². The number of hydrogen-bond acceptors (Lipinski definition) is 2. The van der Waals surface area contributed by atoms with E-state index < -0.39 is 0 Å². The second-order valence-corrected chi connectivity index (χ2v) is 6.88. The van der Waals surface area contributed by atoms with Gasteiger partial charge in [0, 0.05) is 0 Å². The Hall–Kier alpha value is -2.42. The van der Waals surface area contributed by atoms with Crippen molar-refractivity contribution in [2.24, 2.45) is 11.0 Å². The molecule has 2 aromatic rings. The standard InChI is InChI=1S/C22H26N2O/c1-17-10-8-9-15-20(17)16-23-24-22(25)21(18-11-4-2-5-12-18)19-13-6-3-7-14-19/h2,4-5,8-12,15-16,19,21H,3,6-7,13-14H2,1H3,(H,24,25)/b23-16-/t21-/m1/s1. The highest BCUT2D eigenvalue weighted by Gasteiger charge is 2.30. The highest BCUT2D eigenvalue weighted by molar-refractivity contribution is 5.86. The third kappa shape index (κ3) is 4.56. The number of hydrazone groups is 1. The van der Waals surface area contributed by atoms with E-state index in [1.54, 1.807) is 6.21 Å². The molecular formula is C22H26N2O. The van der Waals surface area contributed by atoms with Gasteiger partial charge in [0.05, 0.1) is 12.1 Å². The molecule has 25 heavy (non-hydrogen) atoms. The molecule has 1 aliphatic carbocycles. The lowest BCUT2D eigenvalue weighted by atomic mass is 9.76. The first kappa shape index (κ1) is 17.4. The van der Waals surface area contributed by atoms with Crippen molar-refractivity contribution in [3.63, 3.8) is 0 Å². The van der Waals surface area contributed by atoms with Gasteiger partial charge in [0.15, 0.2) is 0 Å². The SMILES string of the molecule is Cc1ccccc1/C=N\NC(=O)[C@H](c1ccccc1)C1CCCCC1. The summed E-state index contributed by atoms with van der Waals surface area (Å²) in [6, 6.07) is 18.1. The molecule has 2 aromatic carbocycles. The summed E-state index contributed by atoms with van der Waals surface area (Å²) in [6.45, 7) is 2.04. The van der Waals surface area contributed by atoms with Crippen LogP contribution < -0.4 is 5.43 Å². The molecule has 1 N–H and O–H groups in total. The van der Waals surface area contributed by atoms with E-state index in [4.69, 9.17) is 0 Å². The first-order valence-corrected chi connectivity index (χ1v) is 9.19. The van der Waals surface area contributed by atoms with Crippen LogP contribution in [0.3, 0.4) is 0 Å². The Morgan fingerprint density at radius 1 is 1.04 bits per heavy atom. The monoisotopic (exact) mass is 334 g/mol. The van der Waals surface area contributed by atoms with E-state index in [-0.39, 0.29) is 11.8 Å². The number of nitrogens with one attached hydrogen (secondary N) is 1. The van der Waals surface area contributed by atoms with Gasteiger partial charge < -0.3 is 0 Å². The molecule has 0 aromatic heterocycles. The number of benzene rings is 2. The van der Waals surface area contributed by atoms with Crippen LogP contribution in [0.25, 0.3) is 0 Å². The first-order chi connectivity index (χ1) is 12.3. The Morgan fingerprint density at radius 3 is 2.44 bits per heavy atom. The predicted octanol–water partition coefficient (Wildman–Crippen LogP) is 4.81. The molecule has 0 radical (unpaired) electrons. The number of rotatable bonds is 5. The molecule has 3 nitrogen and oxygen atoms in total. The van der Waals surface area contributed by atoms with Crippen LogP contribution in [-0.4, -0.2) is 12.1 Å². The Bertz CT molecular complexity index is 718. The van der Waals surface area contributed by atoms with E-state index in [9.17, 15) is 4.79 Å². The van der Waals surface area contributed by atoms with Gasteiger partial charge in [-0.3, -0.25) is 4.79 Å². The minimum absolute atomic E-state index is 0.00272. The fraction of sp³-hybridized carbons (Fsp3) is 0.364. The highest BCUT2D eigenvalue weighted by Crippen LogP contribution is 2.36. The highest BCUT2D eigenvalue weighted by atomic mass is 16.2. The molecule has 0 unspecified atom stereocenters. The zero-order valence-corrected chi connectivity index (χ0v) is 14.8. The van der Waals surface area contributed by atoms with E-state index in [1.807, 2.05) is 49.4 Å². The van der Waals surface area contributed by atoms with Crippen molar-refractivity contribution in [2.45, 2.75) is 44.9 Å². The van der Waals surface area contributed by atoms with Gasteiger partial charge in [-0.25, -0.2) is 5.43 Å². The fourth-order valence-corrected chi connectivity index (χ4v) is 3.73. The maximum Gasteiger partial charge on any atom is 0.247 e. The molecular weight excluding hydrogens is 308 g/mol. The summed E-state index contributed by atoms with van der Waals surface area (Å²) in [5.41, 5.74) is 6.05. The third-order valence-corrected chi connectivity index (χ3v) is 5.13. The van der Waals surface area contributed by atoms with Gasteiger partial charge in [0.2, 0.25) is 5.91 Å². The van der Waals surface area contributed by atoms with Crippen molar-refractivity contribution in [1.82, 2.24) is 5.43 Å². The quantitative estimate of drug-likeness (QED) is 0.619. The normalized spacial score (nSPS) is 16.7. The molecule has 1 aliphatic rings. The maximum absolute atomic E-state index is 12.9. The lowest BCUT2D eigenvalue weighted by Crippen LogP contribution is -2.31. The minimum atomic E-state index is -0.115. The van der Waals surface area contributed by atoms with Crippen LogP contribution in [0.1, 0.15) is 54.7 Å². The maximum atomic E-state index is 12.9. The van der Waals surface area contributed by atoms with Gasteiger partial charge in [-0.05, 0) is 42.4 Å². The Labute approximate surface area is 150 Å². The van der Waals surface area contributed by atoms with E-state index >= 15 is 0 Å². The van der Waals surface area contributed by atoms with Crippen molar-refractivity contribution in [3.05, 3.63) is 71.3 Å². The van der Waals surface area contributed by atoms with Crippen LogP contribution in [0.5, 0.6) is 0 Å². The summed E-state index contributed by atoms with van der Waals surface area (Å²) < 4.78 is 0. The minimum Gasteiger partial charge on any atom is -0.272 e. The molecule has 1 fully saturated rings. The molecule has 0 saturated heterocycles. The third-order valence-electron chi connectivity index (χ3n) is 5.13. The van der Waals surface area contributed by atoms with Gasteiger partial charge in [-0.2, -0.15) is 5.10 Å². The van der Waals surface area contributed by atoms with E-state index in [1.165, 1.54) is 19.3 Å². The first-order valence-electron chi connectivity index (χ1n) is 9.19. The number of hydrogen-bond donors (Lipinski definition) is 1.